The van der Waals surface area contributed by atoms with Crippen LogP contribution in [0, 0.1) is 5.82 Å². The van der Waals surface area contributed by atoms with Crippen LogP contribution in [0.4, 0.5) is 17.6 Å². The summed E-state index contributed by atoms with van der Waals surface area (Å²) in [7, 11) is 0. The highest BCUT2D eigenvalue weighted by Crippen LogP contribution is 2.24. The maximum absolute atomic E-state index is 13.9. The number of morpholine rings is 1. The molecule has 1 aromatic rings. The number of carbonyl (C=O) groups is 1. The van der Waals surface area contributed by atoms with Gasteiger partial charge in [0.1, 0.15) is 6.04 Å². The number of hydrogen-bond donors (Lipinski definition) is 1. The third-order valence-electron chi connectivity index (χ3n) is 3.66. The van der Waals surface area contributed by atoms with Crippen LogP contribution < -0.4 is 10.5 Å². The molecule has 0 aliphatic carbocycles. The maximum Gasteiger partial charge on any atom is 0.422 e. The van der Waals surface area contributed by atoms with E-state index in [-0.39, 0.29) is 6.54 Å². The van der Waals surface area contributed by atoms with Crippen LogP contribution in [-0.4, -0.2) is 48.9 Å². The lowest BCUT2D eigenvalue weighted by Gasteiger charge is -2.37. The van der Waals surface area contributed by atoms with E-state index in [1.165, 1.54) is 6.07 Å². The van der Waals surface area contributed by atoms with Gasteiger partial charge >= 0.3 is 6.18 Å². The van der Waals surface area contributed by atoms with Crippen LogP contribution >= 0.6 is 0 Å². The number of halogens is 4. The van der Waals surface area contributed by atoms with Gasteiger partial charge in [-0.15, -0.1) is 0 Å². The fourth-order valence-electron chi connectivity index (χ4n) is 2.63. The summed E-state index contributed by atoms with van der Waals surface area (Å²) in [5.74, 6) is -1.92. The van der Waals surface area contributed by atoms with Crippen molar-refractivity contribution in [1.29, 1.82) is 0 Å². The molecule has 0 saturated carbocycles. The minimum absolute atomic E-state index is 0.220. The molecule has 0 bridgehead atoms. The molecular weight excluding hydrogens is 332 g/mol. The van der Waals surface area contributed by atoms with Crippen molar-refractivity contribution in [2.24, 2.45) is 5.73 Å². The average Bonchev–Trinajstić information content (AvgIpc) is 2.45. The summed E-state index contributed by atoms with van der Waals surface area (Å²) in [5.41, 5.74) is 5.87. The van der Waals surface area contributed by atoms with Gasteiger partial charge in [-0.05, 0) is 24.6 Å². The number of ether oxygens (including phenoxy) is 2. The van der Waals surface area contributed by atoms with Crippen molar-refractivity contribution in [1.82, 2.24) is 4.90 Å². The van der Waals surface area contributed by atoms with Gasteiger partial charge in [0.15, 0.2) is 18.2 Å². The molecule has 2 atom stereocenters. The molecule has 2 N–H and O–H groups in total. The SMILES string of the molecule is C[C@H]1OCCN(Cc2ccc(OCC(F)(F)F)c(F)c2)[C@@H]1C(N)=O. The first-order chi connectivity index (χ1) is 11.2. The van der Waals surface area contributed by atoms with Gasteiger partial charge in [-0.25, -0.2) is 4.39 Å². The van der Waals surface area contributed by atoms with Crippen LogP contribution in [0.1, 0.15) is 12.5 Å². The van der Waals surface area contributed by atoms with Gasteiger partial charge in [-0.3, -0.25) is 9.69 Å². The number of nitrogens with zero attached hydrogens (tertiary/aromatic N) is 1. The van der Waals surface area contributed by atoms with Crippen LogP contribution in [0.5, 0.6) is 5.75 Å². The van der Waals surface area contributed by atoms with E-state index in [0.717, 1.165) is 12.1 Å². The summed E-state index contributed by atoms with van der Waals surface area (Å²) in [6, 6.07) is 3.03. The number of hydrogen-bond acceptors (Lipinski definition) is 4. The Bertz CT molecular complexity index is 595. The maximum atomic E-state index is 13.9. The van der Waals surface area contributed by atoms with E-state index in [1.54, 1.807) is 11.8 Å². The fourth-order valence-corrected chi connectivity index (χ4v) is 2.63. The fraction of sp³-hybridized carbons (Fsp3) is 0.533. The van der Waals surface area contributed by atoms with Crippen LogP contribution in [0.2, 0.25) is 0 Å². The summed E-state index contributed by atoms with van der Waals surface area (Å²) in [4.78, 5) is 13.3. The van der Waals surface area contributed by atoms with Gasteiger partial charge in [-0.2, -0.15) is 13.2 Å². The second-order valence-corrected chi connectivity index (χ2v) is 5.56. The summed E-state index contributed by atoms with van der Waals surface area (Å²) in [6.07, 6.45) is -4.93. The Morgan fingerprint density at radius 2 is 2.17 bits per heavy atom. The van der Waals surface area contributed by atoms with Gasteiger partial charge < -0.3 is 15.2 Å². The number of rotatable bonds is 5. The predicted molar refractivity (Wildman–Crippen MR) is 76.8 cm³/mol. The molecule has 134 valence electrons. The highest BCUT2D eigenvalue weighted by atomic mass is 19.4. The molecular formula is C15H18F4N2O3. The number of benzene rings is 1. The van der Waals surface area contributed by atoms with E-state index >= 15 is 0 Å². The Labute approximate surface area is 136 Å². The lowest BCUT2D eigenvalue weighted by atomic mass is 10.1. The second kappa shape index (κ2) is 7.35. The summed E-state index contributed by atoms with van der Waals surface area (Å²) in [6.45, 7) is 1.22. The summed E-state index contributed by atoms with van der Waals surface area (Å²) < 4.78 is 60.0. The minimum atomic E-state index is -4.54. The van der Waals surface area contributed by atoms with Gasteiger partial charge in [0.05, 0.1) is 12.7 Å². The average molecular weight is 350 g/mol. The number of alkyl halides is 3. The second-order valence-electron chi connectivity index (χ2n) is 5.56. The van der Waals surface area contributed by atoms with Crippen LogP contribution in [-0.2, 0) is 16.1 Å². The standard InChI is InChI=1S/C15H18F4N2O3/c1-9-13(14(20)22)21(4-5-23-9)7-10-2-3-12(11(16)6-10)24-8-15(17,18)19/h2-3,6,9,13H,4-5,7-8H2,1H3,(H2,20,22)/t9-,13+/m1/s1. The molecule has 1 heterocycles. The summed E-state index contributed by atoms with van der Waals surface area (Å²) >= 11 is 0. The third kappa shape index (κ3) is 4.81. The monoisotopic (exact) mass is 350 g/mol. The Kier molecular flexibility index (Phi) is 5.66. The smallest absolute Gasteiger partial charge is 0.422 e. The predicted octanol–water partition coefficient (Wildman–Crippen LogP) is 1.84. The number of primary amides is 1. The zero-order valence-corrected chi connectivity index (χ0v) is 13.0. The Morgan fingerprint density at radius 3 is 2.75 bits per heavy atom. The summed E-state index contributed by atoms with van der Waals surface area (Å²) in [5, 5.41) is 0. The van der Waals surface area contributed by atoms with Crippen molar-refractivity contribution < 1.29 is 31.8 Å². The molecule has 1 saturated heterocycles. The molecule has 0 radical (unpaired) electrons. The van der Waals surface area contributed by atoms with E-state index in [1.807, 2.05) is 0 Å². The molecule has 9 heteroatoms. The quantitative estimate of drug-likeness (QED) is 0.823. The first-order valence-electron chi connectivity index (χ1n) is 7.30. The first kappa shape index (κ1) is 18.5. The van der Waals surface area contributed by atoms with Crippen molar-refractivity contribution in [3.63, 3.8) is 0 Å². The molecule has 1 fully saturated rings. The van der Waals surface area contributed by atoms with Crippen LogP contribution in [0.25, 0.3) is 0 Å². The van der Waals surface area contributed by atoms with Gasteiger partial charge in [-0.1, -0.05) is 6.07 Å². The van der Waals surface area contributed by atoms with Crippen molar-refractivity contribution in [3.05, 3.63) is 29.6 Å². The molecule has 0 aromatic heterocycles. The normalized spacial score (nSPS) is 22.4. The zero-order chi connectivity index (χ0) is 17.9. The molecule has 2 rings (SSSR count). The van der Waals surface area contributed by atoms with Crippen molar-refractivity contribution >= 4 is 5.91 Å². The molecule has 1 amide bonds. The Hall–Kier alpha value is -1.87. The topological polar surface area (TPSA) is 64.8 Å². The van der Waals surface area contributed by atoms with Gasteiger partial charge in [0, 0.05) is 13.1 Å². The minimum Gasteiger partial charge on any atom is -0.481 e. The van der Waals surface area contributed by atoms with E-state index < -0.39 is 42.4 Å². The number of amides is 1. The third-order valence-corrected chi connectivity index (χ3v) is 3.66. The molecule has 5 nitrogen and oxygen atoms in total. The van der Waals surface area contributed by atoms with E-state index in [4.69, 9.17) is 10.5 Å². The first-order valence-corrected chi connectivity index (χ1v) is 7.30. The van der Waals surface area contributed by atoms with Crippen molar-refractivity contribution in [2.45, 2.75) is 31.8 Å². The molecule has 0 spiro atoms. The van der Waals surface area contributed by atoms with Crippen molar-refractivity contribution in [3.8, 4) is 5.75 Å². The van der Waals surface area contributed by atoms with Gasteiger partial charge in [0.25, 0.3) is 0 Å². The highest BCUT2D eigenvalue weighted by Gasteiger charge is 2.34. The lowest BCUT2D eigenvalue weighted by molar-refractivity contribution is -0.153. The van der Waals surface area contributed by atoms with E-state index in [2.05, 4.69) is 4.74 Å². The molecule has 0 unspecified atom stereocenters. The number of nitrogens with two attached hydrogens (primary N) is 1. The zero-order valence-electron chi connectivity index (χ0n) is 13.0. The molecule has 1 aliphatic rings. The molecule has 1 aromatic carbocycles. The van der Waals surface area contributed by atoms with E-state index in [9.17, 15) is 22.4 Å². The molecule has 24 heavy (non-hydrogen) atoms. The lowest BCUT2D eigenvalue weighted by Crippen LogP contribution is -2.56. The Morgan fingerprint density at radius 1 is 1.46 bits per heavy atom. The van der Waals surface area contributed by atoms with Crippen molar-refractivity contribution in [2.75, 3.05) is 19.8 Å². The van der Waals surface area contributed by atoms with Crippen LogP contribution in [0.15, 0.2) is 18.2 Å². The van der Waals surface area contributed by atoms with E-state index in [0.29, 0.717) is 18.7 Å². The van der Waals surface area contributed by atoms with Crippen LogP contribution in [0.3, 0.4) is 0 Å². The largest absolute Gasteiger partial charge is 0.481 e. The van der Waals surface area contributed by atoms with Gasteiger partial charge in [0.2, 0.25) is 5.91 Å². The highest BCUT2D eigenvalue weighted by molar-refractivity contribution is 5.80. The number of carbonyl (C=O) groups excluding carboxylic acids is 1. The molecule has 1 aliphatic heterocycles. The Balaban J connectivity index is 2.07.